The van der Waals surface area contributed by atoms with Gasteiger partial charge in [-0.05, 0) is 36.8 Å². The molecule has 1 fully saturated rings. The summed E-state index contributed by atoms with van der Waals surface area (Å²) >= 11 is 0. The van der Waals surface area contributed by atoms with Crippen molar-refractivity contribution in [2.24, 2.45) is 5.92 Å². The van der Waals surface area contributed by atoms with E-state index in [2.05, 4.69) is 74.2 Å². The summed E-state index contributed by atoms with van der Waals surface area (Å²) in [5, 5.41) is 12.2. The first-order valence-electron chi connectivity index (χ1n) is 10.6. The van der Waals surface area contributed by atoms with Crippen molar-refractivity contribution in [2.75, 3.05) is 32.8 Å². The maximum absolute atomic E-state index is 12.2. The van der Waals surface area contributed by atoms with Crippen LogP contribution in [0.2, 0.25) is 0 Å². The van der Waals surface area contributed by atoms with Gasteiger partial charge in [0.1, 0.15) is 0 Å². The molecule has 1 aliphatic rings. The van der Waals surface area contributed by atoms with Crippen LogP contribution in [0.3, 0.4) is 0 Å². The molecule has 2 aromatic carbocycles. The van der Waals surface area contributed by atoms with Crippen molar-refractivity contribution in [1.29, 1.82) is 0 Å². The van der Waals surface area contributed by atoms with Gasteiger partial charge in [-0.15, -0.1) is 0 Å². The molecule has 0 unspecified atom stereocenters. The van der Waals surface area contributed by atoms with Gasteiger partial charge in [0.05, 0.1) is 18.8 Å². The van der Waals surface area contributed by atoms with Gasteiger partial charge in [-0.2, -0.15) is 0 Å². The number of hydrogen-bond acceptors (Lipinski definition) is 3. The van der Waals surface area contributed by atoms with E-state index in [9.17, 15) is 5.11 Å². The molecule has 3 nitrogen and oxygen atoms in total. The third-order valence-corrected chi connectivity index (χ3v) is 5.98. The topological polar surface area (TPSA) is 32.7 Å². The van der Waals surface area contributed by atoms with Crippen LogP contribution in [0.4, 0.5) is 0 Å². The molecule has 3 heteroatoms. The van der Waals surface area contributed by atoms with E-state index in [-0.39, 0.29) is 5.92 Å². The number of ether oxygens (including phenoxy) is 1. The lowest BCUT2D eigenvalue weighted by atomic mass is 9.73. The van der Waals surface area contributed by atoms with Crippen molar-refractivity contribution in [2.45, 2.75) is 45.1 Å². The molecule has 0 amide bonds. The molecule has 152 valence electrons. The standard InChI is InChI=1S/C25H35NO2/c1-20(2)13-14-25(27,23-11-9-21(3)10-12-23)24(22-7-5-4-6-8-22)19-26-15-17-28-18-16-26/h4-12,20,24,27H,13-19H2,1-3H3/t24-,25-/m0/s1. The number of rotatable bonds is 8. The quantitative estimate of drug-likeness (QED) is 0.717. The van der Waals surface area contributed by atoms with Crippen LogP contribution >= 0.6 is 0 Å². The van der Waals surface area contributed by atoms with Crippen LogP contribution in [-0.2, 0) is 10.3 Å². The van der Waals surface area contributed by atoms with Crippen molar-refractivity contribution < 1.29 is 9.84 Å². The molecule has 0 aliphatic carbocycles. The molecule has 1 heterocycles. The molecular weight excluding hydrogens is 346 g/mol. The average molecular weight is 382 g/mol. The van der Waals surface area contributed by atoms with E-state index in [1.807, 2.05) is 6.07 Å². The van der Waals surface area contributed by atoms with E-state index in [4.69, 9.17) is 4.74 Å². The predicted molar refractivity (Wildman–Crippen MR) is 116 cm³/mol. The van der Waals surface area contributed by atoms with Gasteiger partial charge in [0.15, 0.2) is 0 Å². The number of hydrogen-bond donors (Lipinski definition) is 1. The van der Waals surface area contributed by atoms with Gasteiger partial charge in [-0.25, -0.2) is 0 Å². The Hall–Kier alpha value is -1.68. The molecule has 0 saturated carbocycles. The Balaban J connectivity index is 1.99. The second kappa shape index (κ2) is 9.69. The van der Waals surface area contributed by atoms with Gasteiger partial charge in [0, 0.05) is 25.6 Å². The van der Waals surface area contributed by atoms with Crippen LogP contribution in [-0.4, -0.2) is 42.9 Å². The zero-order valence-corrected chi connectivity index (χ0v) is 17.6. The van der Waals surface area contributed by atoms with E-state index in [0.29, 0.717) is 5.92 Å². The second-order valence-electron chi connectivity index (χ2n) is 8.60. The molecule has 3 rings (SSSR count). The molecule has 0 aromatic heterocycles. The van der Waals surface area contributed by atoms with E-state index in [0.717, 1.165) is 51.3 Å². The zero-order valence-electron chi connectivity index (χ0n) is 17.6. The summed E-state index contributed by atoms with van der Waals surface area (Å²) in [7, 11) is 0. The number of aryl methyl sites for hydroxylation is 1. The SMILES string of the molecule is Cc1ccc([C@@](O)(CCC(C)C)[C@@H](CN2CCOCC2)c2ccccc2)cc1. The van der Waals surface area contributed by atoms with E-state index in [1.165, 1.54) is 11.1 Å². The van der Waals surface area contributed by atoms with Crippen LogP contribution in [0, 0.1) is 12.8 Å². The average Bonchev–Trinajstić information content (AvgIpc) is 2.72. The Labute approximate surface area is 170 Å². The third-order valence-electron chi connectivity index (χ3n) is 5.98. The summed E-state index contributed by atoms with van der Waals surface area (Å²) in [6.07, 6.45) is 1.76. The molecule has 1 N–H and O–H groups in total. The van der Waals surface area contributed by atoms with Crippen LogP contribution in [0.25, 0.3) is 0 Å². The number of nitrogens with zero attached hydrogens (tertiary/aromatic N) is 1. The minimum atomic E-state index is -0.891. The van der Waals surface area contributed by atoms with Gasteiger partial charge < -0.3 is 9.84 Å². The Morgan fingerprint density at radius 1 is 1.00 bits per heavy atom. The van der Waals surface area contributed by atoms with Gasteiger partial charge in [0.2, 0.25) is 0 Å². The van der Waals surface area contributed by atoms with Crippen LogP contribution in [0.1, 0.15) is 49.3 Å². The molecule has 1 saturated heterocycles. The predicted octanol–water partition coefficient (Wildman–Crippen LogP) is 4.73. The molecular formula is C25H35NO2. The lowest BCUT2D eigenvalue weighted by Crippen LogP contribution is -2.45. The molecule has 0 radical (unpaired) electrons. The van der Waals surface area contributed by atoms with E-state index >= 15 is 0 Å². The fourth-order valence-corrected chi connectivity index (χ4v) is 4.13. The summed E-state index contributed by atoms with van der Waals surface area (Å²) in [5.41, 5.74) is 2.57. The number of morpholine rings is 1. The highest BCUT2D eigenvalue weighted by Crippen LogP contribution is 2.42. The minimum Gasteiger partial charge on any atom is -0.384 e. The van der Waals surface area contributed by atoms with Gasteiger partial charge in [-0.1, -0.05) is 74.0 Å². The summed E-state index contributed by atoms with van der Waals surface area (Å²) in [5.74, 6) is 0.574. The first kappa shape index (κ1) is 21.0. The zero-order chi connectivity index (χ0) is 20.0. The maximum atomic E-state index is 12.2. The largest absolute Gasteiger partial charge is 0.384 e. The summed E-state index contributed by atoms with van der Waals surface area (Å²) < 4.78 is 5.55. The molecule has 2 aromatic rings. The van der Waals surface area contributed by atoms with Crippen molar-refractivity contribution in [3.63, 3.8) is 0 Å². The third kappa shape index (κ3) is 5.22. The fraction of sp³-hybridized carbons (Fsp3) is 0.520. The first-order valence-corrected chi connectivity index (χ1v) is 10.6. The lowest BCUT2D eigenvalue weighted by molar-refractivity contribution is -0.0311. The van der Waals surface area contributed by atoms with Crippen molar-refractivity contribution in [3.8, 4) is 0 Å². The Morgan fingerprint density at radius 3 is 2.25 bits per heavy atom. The molecule has 28 heavy (non-hydrogen) atoms. The highest BCUT2D eigenvalue weighted by molar-refractivity contribution is 5.33. The Kier molecular flexibility index (Phi) is 7.28. The fourth-order valence-electron chi connectivity index (χ4n) is 4.13. The number of benzene rings is 2. The summed E-state index contributed by atoms with van der Waals surface area (Å²) in [6, 6.07) is 19.0. The van der Waals surface area contributed by atoms with Crippen LogP contribution < -0.4 is 0 Å². The van der Waals surface area contributed by atoms with Gasteiger partial charge in [-0.3, -0.25) is 4.90 Å². The smallest absolute Gasteiger partial charge is 0.0977 e. The Bertz CT molecular complexity index is 707. The van der Waals surface area contributed by atoms with Crippen molar-refractivity contribution in [1.82, 2.24) is 4.90 Å². The molecule has 2 atom stereocenters. The minimum absolute atomic E-state index is 0.0215. The Morgan fingerprint density at radius 2 is 1.64 bits per heavy atom. The van der Waals surface area contributed by atoms with Gasteiger partial charge >= 0.3 is 0 Å². The summed E-state index contributed by atoms with van der Waals surface area (Å²) in [6.45, 7) is 10.8. The lowest BCUT2D eigenvalue weighted by Gasteiger charge is -2.41. The van der Waals surface area contributed by atoms with Crippen LogP contribution in [0.5, 0.6) is 0 Å². The van der Waals surface area contributed by atoms with Crippen molar-refractivity contribution >= 4 is 0 Å². The summed E-state index contributed by atoms with van der Waals surface area (Å²) in [4.78, 5) is 2.44. The first-order chi connectivity index (χ1) is 13.5. The molecule has 0 bridgehead atoms. The van der Waals surface area contributed by atoms with E-state index in [1.54, 1.807) is 0 Å². The highest BCUT2D eigenvalue weighted by atomic mass is 16.5. The second-order valence-corrected chi connectivity index (χ2v) is 8.60. The highest BCUT2D eigenvalue weighted by Gasteiger charge is 2.40. The monoisotopic (exact) mass is 381 g/mol. The normalized spacial score (nSPS) is 18.8. The van der Waals surface area contributed by atoms with E-state index < -0.39 is 5.60 Å². The maximum Gasteiger partial charge on any atom is 0.0977 e. The molecule has 1 aliphatic heterocycles. The van der Waals surface area contributed by atoms with Gasteiger partial charge in [0.25, 0.3) is 0 Å². The number of aliphatic hydroxyl groups is 1. The van der Waals surface area contributed by atoms with Crippen molar-refractivity contribution in [3.05, 3.63) is 71.3 Å². The van der Waals surface area contributed by atoms with Crippen LogP contribution in [0.15, 0.2) is 54.6 Å². The molecule has 0 spiro atoms.